The van der Waals surface area contributed by atoms with Gasteiger partial charge in [-0.25, -0.2) is 14.6 Å². The van der Waals surface area contributed by atoms with Crippen molar-refractivity contribution in [1.29, 1.82) is 0 Å². The number of hydrogen-bond acceptors (Lipinski definition) is 4. The van der Waals surface area contributed by atoms with Crippen LogP contribution in [-0.4, -0.2) is 36.7 Å². The van der Waals surface area contributed by atoms with Crippen LogP contribution in [0.1, 0.15) is 12.5 Å². The van der Waals surface area contributed by atoms with Crippen LogP contribution in [0.5, 0.6) is 0 Å². The third kappa shape index (κ3) is 4.80. The molecule has 96 valence electrons. The highest BCUT2D eigenvalue weighted by atomic mass is 16.6. The maximum atomic E-state index is 11.6. The van der Waals surface area contributed by atoms with Gasteiger partial charge in [0.15, 0.2) is 0 Å². The number of ether oxygens (including phenoxy) is 1. The average molecular weight is 248 g/mol. The fraction of sp³-hybridized carbons (Fsp3) is 0.385. The van der Waals surface area contributed by atoms with Crippen molar-refractivity contribution < 1.29 is 14.3 Å². The van der Waals surface area contributed by atoms with Gasteiger partial charge in [0.1, 0.15) is 6.61 Å². The Bertz CT molecular complexity index is 427. The Morgan fingerprint density at radius 3 is 2.72 bits per heavy atom. The van der Waals surface area contributed by atoms with Gasteiger partial charge in [0.05, 0.1) is 6.04 Å². The van der Waals surface area contributed by atoms with E-state index in [0.29, 0.717) is 6.54 Å². The van der Waals surface area contributed by atoms with Crippen molar-refractivity contribution in [2.24, 2.45) is 4.99 Å². The molecule has 0 saturated heterocycles. The zero-order chi connectivity index (χ0) is 13.4. The van der Waals surface area contributed by atoms with E-state index in [4.69, 9.17) is 4.74 Å². The number of hydrogen-bond donors (Lipinski definition) is 0. The molecule has 0 aliphatic rings. The Balaban J connectivity index is 2.38. The minimum atomic E-state index is -0.438. The molecule has 5 nitrogen and oxygen atoms in total. The highest BCUT2D eigenvalue weighted by molar-refractivity contribution is 5.67. The molecule has 0 saturated carbocycles. The second-order valence-electron chi connectivity index (χ2n) is 3.99. The van der Waals surface area contributed by atoms with Crippen LogP contribution in [0, 0.1) is 0 Å². The number of amides is 1. The second-order valence-corrected chi connectivity index (χ2v) is 3.99. The first-order chi connectivity index (χ1) is 8.63. The van der Waals surface area contributed by atoms with Gasteiger partial charge in [-0.1, -0.05) is 30.3 Å². The number of benzene rings is 1. The van der Waals surface area contributed by atoms with Crippen molar-refractivity contribution in [2.45, 2.75) is 19.6 Å². The third-order valence-corrected chi connectivity index (χ3v) is 2.33. The predicted octanol–water partition coefficient (Wildman–Crippen LogP) is 1.98. The first-order valence-electron chi connectivity index (χ1n) is 5.62. The van der Waals surface area contributed by atoms with Crippen LogP contribution in [0.2, 0.25) is 0 Å². The number of rotatable bonds is 5. The molecule has 0 aliphatic carbocycles. The minimum absolute atomic E-state index is 0.231. The van der Waals surface area contributed by atoms with Gasteiger partial charge in [0.25, 0.3) is 0 Å². The molecule has 1 rings (SSSR count). The molecule has 1 atom stereocenters. The van der Waals surface area contributed by atoms with Crippen molar-refractivity contribution in [3.8, 4) is 0 Å². The van der Waals surface area contributed by atoms with Crippen molar-refractivity contribution in [1.82, 2.24) is 4.90 Å². The molecule has 0 heterocycles. The van der Waals surface area contributed by atoms with Gasteiger partial charge < -0.3 is 9.64 Å². The lowest BCUT2D eigenvalue weighted by atomic mass is 10.2. The van der Waals surface area contributed by atoms with Crippen molar-refractivity contribution in [2.75, 3.05) is 13.6 Å². The van der Waals surface area contributed by atoms with Gasteiger partial charge in [0, 0.05) is 13.6 Å². The van der Waals surface area contributed by atoms with Crippen LogP contribution in [0.3, 0.4) is 0 Å². The Morgan fingerprint density at radius 2 is 2.11 bits per heavy atom. The molecule has 0 aliphatic heterocycles. The molecule has 0 bridgehead atoms. The Morgan fingerprint density at radius 1 is 1.44 bits per heavy atom. The van der Waals surface area contributed by atoms with E-state index in [2.05, 4.69) is 4.99 Å². The van der Waals surface area contributed by atoms with Crippen LogP contribution >= 0.6 is 0 Å². The number of carbonyl (C=O) groups is 1. The molecule has 5 heteroatoms. The van der Waals surface area contributed by atoms with E-state index in [-0.39, 0.29) is 12.6 Å². The van der Waals surface area contributed by atoms with Crippen LogP contribution in [0.4, 0.5) is 4.79 Å². The van der Waals surface area contributed by atoms with Crippen molar-refractivity contribution >= 4 is 12.2 Å². The summed E-state index contributed by atoms with van der Waals surface area (Å²) in [7, 11) is 1.60. The number of likely N-dealkylation sites (N-methyl/N-ethyl adjacent to an activating group) is 1. The molecule has 1 amide bonds. The molecule has 0 fully saturated rings. The second kappa shape index (κ2) is 7.25. The van der Waals surface area contributed by atoms with E-state index in [0.717, 1.165) is 5.56 Å². The lowest BCUT2D eigenvalue weighted by Crippen LogP contribution is -2.32. The fourth-order valence-electron chi connectivity index (χ4n) is 1.43. The number of carbonyl (C=O) groups excluding carboxylic acids is 2. The van der Waals surface area contributed by atoms with Gasteiger partial charge in [-0.05, 0) is 12.5 Å². The summed E-state index contributed by atoms with van der Waals surface area (Å²) < 4.78 is 5.12. The number of isocyanates is 1. The summed E-state index contributed by atoms with van der Waals surface area (Å²) in [6, 6.07) is 9.15. The van der Waals surface area contributed by atoms with E-state index in [1.807, 2.05) is 30.3 Å². The maximum absolute atomic E-state index is 11.6. The number of aliphatic imine (C=N–C) groups is 1. The first-order valence-corrected chi connectivity index (χ1v) is 5.62. The molecular weight excluding hydrogens is 232 g/mol. The monoisotopic (exact) mass is 248 g/mol. The summed E-state index contributed by atoms with van der Waals surface area (Å²) in [5.41, 5.74) is 0.929. The summed E-state index contributed by atoms with van der Waals surface area (Å²) in [4.78, 5) is 26.6. The highest BCUT2D eigenvalue weighted by Crippen LogP contribution is 2.03. The van der Waals surface area contributed by atoms with Crippen LogP contribution in [-0.2, 0) is 16.1 Å². The molecule has 0 radical (unpaired) electrons. The van der Waals surface area contributed by atoms with Crippen molar-refractivity contribution in [3.05, 3.63) is 35.9 Å². The standard InChI is InChI=1S/C13H16N2O3/c1-11(14-10-16)8-15(2)13(17)18-9-12-6-4-3-5-7-12/h3-7,11H,8-9H2,1-2H3. The first kappa shape index (κ1) is 13.9. The summed E-state index contributed by atoms with van der Waals surface area (Å²) in [6.45, 7) is 2.28. The Kier molecular flexibility index (Phi) is 5.61. The molecule has 1 aromatic carbocycles. The lowest BCUT2D eigenvalue weighted by Gasteiger charge is -2.18. The molecular formula is C13H16N2O3. The molecule has 0 spiro atoms. The average Bonchev–Trinajstić information content (AvgIpc) is 2.37. The highest BCUT2D eigenvalue weighted by Gasteiger charge is 2.12. The minimum Gasteiger partial charge on any atom is -0.445 e. The topological polar surface area (TPSA) is 59.0 Å². The molecule has 18 heavy (non-hydrogen) atoms. The van der Waals surface area contributed by atoms with Crippen LogP contribution in [0.15, 0.2) is 35.3 Å². The van der Waals surface area contributed by atoms with E-state index in [1.54, 1.807) is 14.0 Å². The summed E-state index contributed by atoms with van der Waals surface area (Å²) in [5.74, 6) is 0. The lowest BCUT2D eigenvalue weighted by molar-refractivity contribution is 0.103. The largest absolute Gasteiger partial charge is 0.445 e. The van der Waals surface area contributed by atoms with Crippen molar-refractivity contribution in [3.63, 3.8) is 0 Å². The van der Waals surface area contributed by atoms with Gasteiger partial charge in [0.2, 0.25) is 6.08 Å². The van der Waals surface area contributed by atoms with Gasteiger partial charge in [-0.3, -0.25) is 0 Å². The summed E-state index contributed by atoms with van der Waals surface area (Å²) in [6.07, 6.45) is 1.03. The predicted molar refractivity (Wildman–Crippen MR) is 66.8 cm³/mol. The SMILES string of the molecule is CC(CN(C)C(=O)OCc1ccccc1)N=C=O. The van der Waals surface area contributed by atoms with Crippen LogP contribution in [0.25, 0.3) is 0 Å². The fourth-order valence-corrected chi connectivity index (χ4v) is 1.43. The zero-order valence-corrected chi connectivity index (χ0v) is 10.5. The molecule has 0 N–H and O–H groups in total. The third-order valence-electron chi connectivity index (χ3n) is 2.33. The Hall–Kier alpha value is -2.13. The van der Waals surface area contributed by atoms with E-state index >= 15 is 0 Å². The Labute approximate surface area is 106 Å². The van der Waals surface area contributed by atoms with Gasteiger partial charge >= 0.3 is 6.09 Å². The van der Waals surface area contributed by atoms with Gasteiger partial charge in [-0.2, -0.15) is 0 Å². The van der Waals surface area contributed by atoms with E-state index < -0.39 is 6.09 Å². The smallest absolute Gasteiger partial charge is 0.409 e. The van der Waals surface area contributed by atoms with E-state index in [9.17, 15) is 9.59 Å². The van der Waals surface area contributed by atoms with E-state index in [1.165, 1.54) is 11.0 Å². The van der Waals surface area contributed by atoms with Gasteiger partial charge in [-0.15, -0.1) is 0 Å². The molecule has 1 aromatic rings. The molecule has 0 aromatic heterocycles. The maximum Gasteiger partial charge on any atom is 0.409 e. The molecule has 1 unspecified atom stereocenters. The summed E-state index contributed by atoms with van der Waals surface area (Å²) in [5, 5.41) is 0. The normalized spacial score (nSPS) is 11.2. The number of nitrogens with zero attached hydrogens (tertiary/aromatic N) is 2. The summed E-state index contributed by atoms with van der Waals surface area (Å²) >= 11 is 0. The van der Waals surface area contributed by atoms with Crippen LogP contribution < -0.4 is 0 Å². The quantitative estimate of drug-likeness (QED) is 0.591. The zero-order valence-electron chi connectivity index (χ0n) is 10.5.